The summed E-state index contributed by atoms with van der Waals surface area (Å²) in [5.41, 5.74) is 5.20. The third-order valence-electron chi connectivity index (χ3n) is 6.10. The maximum Gasteiger partial charge on any atom is 0.296 e. The summed E-state index contributed by atoms with van der Waals surface area (Å²) in [5.74, 6) is -0.838. The molecule has 0 aromatic heterocycles. The standard InChI is InChI=1S/C24H15N3O10S2/c25-21-19(39(35,36)37)9-18(38(32,33)34)12-5-6-15(24(31)20(12)21)26-27-16-7-13-14(8-17(16)28)23(30)11-4-2-1-3-10(11)22(13)29/h1-9,26,31H,25H2,(H,32,33,34)(H,35,36,37). The molecule has 198 valence electrons. The van der Waals surface area contributed by atoms with Gasteiger partial charge in [-0.25, -0.2) is 0 Å². The maximum atomic E-state index is 12.9. The Morgan fingerprint density at radius 1 is 0.744 bits per heavy atom. The average molecular weight is 570 g/mol. The molecule has 5 rings (SSSR count). The number of hydrogen-bond donors (Lipinski definition) is 5. The largest absolute Gasteiger partial charge is 0.505 e. The lowest BCUT2D eigenvalue weighted by molar-refractivity contribution is 0.481. The summed E-state index contributed by atoms with van der Waals surface area (Å²) in [4.78, 5) is 36.4. The Bertz CT molecular complexity index is 2290. The van der Waals surface area contributed by atoms with Crippen molar-refractivity contribution in [1.82, 2.24) is 0 Å². The van der Waals surface area contributed by atoms with Crippen LogP contribution >= 0.6 is 0 Å². The first-order valence-corrected chi connectivity index (χ1v) is 13.6. The fourth-order valence-electron chi connectivity index (χ4n) is 4.31. The normalized spacial score (nSPS) is 12.9. The van der Waals surface area contributed by atoms with Gasteiger partial charge in [-0.3, -0.25) is 28.9 Å². The zero-order chi connectivity index (χ0) is 28.4. The van der Waals surface area contributed by atoms with Crippen LogP contribution in [0.25, 0.3) is 32.7 Å². The molecule has 0 saturated heterocycles. The van der Waals surface area contributed by atoms with Crippen LogP contribution in [0.5, 0.6) is 5.75 Å². The van der Waals surface area contributed by atoms with E-state index in [1.54, 1.807) is 12.1 Å². The highest BCUT2D eigenvalue weighted by molar-refractivity contribution is 7.87. The number of benzene rings is 5. The molecule has 0 aliphatic heterocycles. The van der Waals surface area contributed by atoms with Gasteiger partial charge < -0.3 is 10.8 Å². The van der Waals surface area contributed by atoms with E-state index in [1.165, 1.54) is 12.1 Å². The van der Waals surface area contributed by atoms with Crippen LogP contribution in [0.1, 0.15) is 0 Å². The molecule has 0 atom stereocenters. The third kappa shape index (κ3) is 4.18. The van der Waals surface area contributed by atoms with Crippen molar-refractivity contribution in [3.8, 4) is 16.9 Å². The smallest absolute Gasteiger partial charge is 0.296 e. The Morgan fingerprint density at radius 3 is 1.87 bits per heavy atom. The van der Waals surface area contributed by atoms with E-state index >= 15 is 0 Å². The van der Waals surface area contributed by atoms with Crippen molar-refractivity contribution >= 4 is 53.2 Å². The molecule has 3 aromatic rings. The topological polar surface area (TPSA) is 231 Å². The fourth-order valence-corrected chi connectivity index (χ4v) is 5.74. The Morgan fingerprint density at radius 2 is 1.31 bits per heavy atom. The highest BCUT2D eigenvalue weighted by Crippen LogP contribution is 2.42. The third-order valence-corrected chi connectivity index (χ3v) is 7.88. The maximum absolute atomic E-state index is 12.9. The number of nitrogen functional groups attached to an aromatic ring is 1. The number of hydrogen-bond acceptors (Lipinski definition) is 11. The van der Waals surface area contributed by atoms with Crippen LogP contribution in [0.3, 0.4) is 0 Å². The number of phenolic OH excluding ortho intramolecular Hbond substituents is 1. The molecule has 0 saturated carbocycles. The van der Waals surface area contributed by atoms with E-state index < -0.39 is 63.1 Å². The number of rotatable bonds is 4. The van der Waals surface area contributed by atoms with Crippen molar-refractivity contribution in [2.75, 3.05) is 11.2 Å². The minimum atomic E-state index is -5.09. The molecule has 6 N–H and O–H groups in total. The molecule has 39 heavy (non-hydrogen) atoms. The Balaban J connectivity index is 1.74. The zero-order valence-electron chi connectivity index (χ0n) is 19.2. The van der Waals surface area contributed by atoms with Crippen LogP contribution in [-0.2, 0) is 20.2 Å². The van der Waals surface area contributed by atoms with Crippen molar-refractivity contribution in [2.45, 2.75) is 9.79 Å². The van der Waals surface area contributed by atoms with Gasteiger partial charge in [-0.15, -0.1) is 0 Å². The molecule has 3 aromatic carbocycles. The van der Waals surface area contributed by atoms with Crippen LogP contribution in [0.2, 0.25) is 0 Å². The molecular formula is C24H15N3O10S2. The second-order valence-corrected chi connectivity index (χ2v) is 11.2. The van der Waals surface area contributed by atoms with E-state index in [4.69, 9.17) is 5.73 Å². The molecule has 0 fully saturated rings. The van der Waals surface area contributed by atoms with Gasteiger partial charge in [-0.05, 0) is 24.3 Å². The Labute approximate surface area is 217 Å². The lowest BCUT2D eigenvalue weighted by atomic mass is 9.96. The van der Waals surface area contributed by atoms with Crippen molar-refractivity contribution < 1.29 is 31.0 Å². The van der Waals surface area contributed by atoms with Crippen molar-refractivity contribution in [3.63, 3.8) is 0 Å². The van der Waals surface area contributed by atoms with E-state index in [2.05, 4.69) is 10.5 Å². The van der Waals surface area contributed by atoms with Crippen LogP contribution in [0.15, 0.2) is 83.9 Å². The summed E-state index contributed by atoms with van der Waals surface area (Å²) in [6.45, 7) is 0. The second-order valence-electron chi connectivity index (χ2n) is 8.41. The first-order chi connectivity index (χ1) is 18.2. The number of nitrogens with zero attached hydrogens (tertiary/aromatic N) is 1. The number of nitrogens with one attached hydrogen (secondary N) is 1. The lowest BCUT2D eigenvalue weighted by Gasteiger charge is -2.14. The Kier molecular flexibility index (Phi) is 5.76. The number of aromatic hydroxyl groups is 1. The van der Waals surface area contributed by atoms with E-state index in [0.717, 1.165) is 24.3 Å². The minimum Gasteiger partial charge on any atom is -0.505 e. The SMILES string of the molecule is Nc1c(S(=O)(=O)O)cc(S(=O)(=O)O)c2ccc(NN=c3cc4c(=O)c5ccccc5c(=O)c-4cc3=O)c(O)c12. The van der Waals surface area contributed by atoms with Gasteiger partial charge in [-0.2, -0.15) is 21.9 Å². The predicted octanol–water partition coefficient (Wildman–Crippen LogP) is 0.763. The highest BCUT2D eigenvalue weighted by Gasteiger charge is 2.26. The number of anilines is 2. The van der Waals surface area contributed by atoms with Crippen LogP contribution < -0.4 is 32.8 Å². The molecule has 2 aliphatic rings. The Hall–Kier alpha value is -4.70. The molecule has 0 heterocycles. The van der Waals surface area contributed by atoms with Gasteiger partial charge >= 0.3 is 0 Å². The zero-order valence-corrected chi connectivity index (χ0v) is 20.9. The molecule has 2 aliphatic carbocycles. The first kappa shape index (κ1) is 25.9. The fraction of sp³-hybridized carbons (Fsp3) is 0. The summed E-state index contributed by atoms with van der Waals surface area (Å²) < 4.78 is 66.3. The van der Waals surface area contributed by atoms with E-state index in [0.29, 0.717) is 6.07 Å². The van der Waals surface area contributed by atoms with Gasteiger partial charge in [0.25, 0.3) is 20.2 Å². The van der Waals surface area contributed by atoms with Crippen molar-refractivity contribution in [1.29, 1.82) is 0 Å². The molecular weight excluding hydrogens is 554 g/mol. The number of nitrogens with two attached hydrogens (primary N) is 1. The lowest BCUT2D eigenvalue weighted by Crippen LogP contribution is -2.30. The molecule has 15 heteroatoms. The van der Waals surface area contributed by atoms with Gasteiger partial charge in [0.2, 0.25) is 5.43 Å². The number of phenols is 1. The molecule has 0 spiro atoms. The summed E-state index contributed by atoms with van der Waals surface area (Å²) in [6, 6.07) is 10.8. The summed E-state index contributed by atoms with van der Waals surface area (Å²) in [6.07, 6.45) is 0. The van der Waals surface area contributed by atoms with Crippen molar-refractivity contribution in [3.05, 3.63) is 90.6 Å². The average Bonchev–Trinajstić information content (AvgIpc) is 2.85. The van der Waals surface area contributed by atoms with E-state index in [1.807, 2.05) is 0 Å². The summed E-state index contributed by atoms with van der Waals surface area (Å²) in [7, 11) is -10.1. The van der Waals surface area contributed by atoms with Gasteiger partial charge in [0.05, 0.1) is 16.8 Å². The van der Waals surface area contributed by atoms with Gasteiger partial charge in [0.1, 0.15) is 15.1 Å². The summed E-state index contributed by atoms with van der Waals surface area (Å²) >= 11 is 0. The van der Waals surface area contributed by atoms with Gasteiger partial charge in [0.15, 0.2) is 16.6 Å². The predicted molar refractivity (Wildman–Crippen MR) is 141 cm³/mol. The molecule has 13 nitrogen and oxygen atoms in total. The highest BCUT2D eigenvalue weighted by atomic mass is 32.2. The molecule has 0 unspecified atom stereocenters. The molecule has 0 radical (unpaired) electrons. The second kappa shape index (κ2) is 8.67. The molecule has 0 amide bonds. The van der Waals surface area contributed by atoms with E-state index in [9.17, 15) is 45.4 Å². The minimum absolute atomic E-state index is 0.0681. The van der Waals surface area contributed by atoms with Gasteiger partial charge in [-0.1, -0.05) is 30.3 Å². The van der Waals surface area contributed by atoms with Crippen LogP contribution in [0.4, 0.5) is 11.4 Å². The number of fused-ring (bicyclic) bond motifs is 3. The van der Waals surface area contributed by atoms with Gasteiger partial charge in [0, 0.05) is 27.3 Å². The van der Waals surface area contributed by atoms with Crippen LogP contribution in [-0.4, -0.2) is 31.0 Å². The monoisotopic (exact) mass is 569 g/mol. The molecule has 0 bridgehead atoms. The van der Waals surface area contributed by atoms with Crippen molar-refractivity contribution in [2.24, 2.45) is 5.10 Å². The first-order valence-electron chi connectivity index (χ1n) is 10.7. The van der Waals surface area contributed by atoms with E-state index in [-0.39, 0.29) is 38.3 Å². The van der Waals surface area contributed by atoms with Crippen LogP contribution in [0, 0.1) is 0 Å². The summed E-state index contributed by atoms with van der Waals surface area (Å²) in [5, 5.41) is 13.7. The quantitative estimate of drug-likeness (QED) is 0.0664.